The van der Waals surface area contributed by atoms with Crippen molar-refractivity contribution in [1.82, 2.24) is 5.32 Å². The number of rotatable bonds is 9. The smallest absolute Gasteiger partial charge is 0.329 e. The molecule has 0 aliphatic rings. The fourth-order valence-corrected chi connectivity index (χ4v) is 2.59. The molecular weight excluding hydrogens is 302 g/mol. The third-order valence-corrected chi connectivity index (χ3v) is 4.49. The van der Waals surface area contributed by atoms with Gasteiger partial charge in [-0.15, -0.1) is 11.8 Å². The number of benzene rings is 1. The van der Waals surface area contributed by atoms with Gasteiger partial charge in [0.2, 0.25) is 5.91 Å². The maximum Gasteiger partial charge on any atom is 0.329 e. The Morgan fingerprint density at radius 2 is 1.86 bits per heavy atom. The van der Waals surface area contributed by atoms with Crippen LogP contribution in [-0.2, 0) is 14.3 Å². The van der Waals surface area contributed by atoms with Crippen LogP contribution in [0.2, 0.25) is 0 Å². The Labute approximate surface area is 135 Å². The second-order valence-corrected chi connectivity index (χ2v) is 6.33. The van der Waals surface area contributed by atoms with E-state index in [2.05, 4.69) is 5.32 Å². The van der Waals surface area contributed by atoms with Crippen LogP contribution in [0.25, 0.3) is 0 Å². The highest BCUT2D eigenvalue weighted by Gasteiger charge is 2.22. The molecule has 0 bridgehead atoms. The predicted octanol–water partition coefficient (Wildman–Crippen LogP) is 2.41. The standard InChI is InChI=1S/C16H23NO4S/c1-11(10-22-14-7-5-4-6-8-14)17-16(20)12(2)13(3)21-9-15(18)19/h4-8,11-13H,9-10H2,1-3H3,(H,17,20)(H,18,19). The summed E-state index contributed by atoms with van der Waals surface area (Å²) in [6, 6.07) is 10.0. The van der Waals surface area contributed by atoms with Crippen LogP contribution < -0.4 is 5.32 Å². The fraction of sp³-hybridized carbons (Fsp3) is 0.500. The minimum Gasteiger partial charge on any atom is -0.480 e. The van der Waals surface area contributed by atoms with Crippen LogP contribution in [0.4, 0.5) is 0 Å². The molecule has 1 aromatic rings. The SMILES string of the molecule is CC(CSc1ccccc1)NC(=O)C(C)C(C)OCC(=O)O. The minimum atomic E-state index is -1.04. The molecule has 5 nitrogen and oxygen atoms in total. The molecule has 0 saturated heterocycles. The number of ether oxygens (including phenoxy) is 1. The zero-order chi connectivity index (χ0) is 16.5. The second kappa shape index (κ2) is 9.48. The number of thioether (sulfide) groups is 1. The minimum absolute atomic E-state index is 0.0202. The second-order valence-electron chi connectivity index (χ2n) is 5.23. The lowest BCUT2D eigenvalue weighted by atomic mass is 10.1. The van der Waals surface area contributed by atoms with Crippen LogP contribution >= 0.6 is 11.8 Å². The number of aliphatic carboxylic acids is 1. The van der Waals surface area contributed by atoms with Gasteiger partial charge < -0.3 is 15.2 Å². The highest BCUT2D eigenvalue weighted by atomic mass is 32.2. The van der Waals surface area contributed by atoms with Crippen molar-refractivity contribution in [2.24, 2.45) is 5.92 Å². The summed E-state index contributed by atoms with van der Waals surface area (Å²) >= 11 is 1.68. The van der Waals surface area contributed by atoms with Crippen molar-refractivity contribution in [3.63, 3.8) is 0 Å². The van der Waals surface area contributed by atoms with Crippen LogP contribution in [0.3, 0.4) is 0 Å². The molecule has 122 valence electrons. The highest BCUT2D eigenvalue weighted by molar-refractivity contribution is 7.99. The number of carboxylic acid groups (broad SMARTS) is 1. The van der Waals surface area contributed by atoms with Crippen LogP contribution in [0, 0.1) is 5.92 Å². The summed E-state index contributed by atoms with van der Waals surface area (Å²) < 4.78 is 5.13. The monoisotopic (exact) mass is 325 g/mol. The lowest BCUT2D eigenvalue weighted by Gasteiger charge is -2.21. The Morgan fingerprint density at radius 1 is 1.23 bits per heavy atom. The quantitative estimate of drug-likeness (QED) is 0.682. The molecule has 0 heterocycles. The molecule has 0 saturated carbocycles. The molecule has 3 atom stereocenters. The summed E-state index contributed by atoms with van der Waals surface area (Å²) in [7, 11) is 0. The molecule has 1 aromatic carbocycles. The van der Waals surface area contributed by atoms with Crippen molar-refractivity contribution in [1.29, 1.82) is 0 Å². The van der Waals surface area contributed by atoms with E-state index >= 15 is 0 Å². The van der Waals surface area contributed by atoms with E-state index in [1.54, 1.807) is 25.6 Å². The number of carboxylic acids is 1. The first kappa shape index (κ1) is 18.5. The Bertz CT molecular complexity index is 480. The number of hydrogen-bond acceptors (Lipinski definition) is 4. The largest absolute Gasteiger partial charge is 0.480 e. The van der Waals surface area contributed by atoms with Gasteiger partial charge in [0, 0.05) is 16.7 Å². The van der Waals surface area contributed by atoms with E-state index < -0.39 is 24.6 Å². The summed E-state index contributed by atoms with van der Waals surface area (Å²) in [5.41, 5.74) is 0. The molecule has 3 unspecified atom stereocenters. The van der Waals surface area contributed by atoms with E-state index in [0.29, 0.717) is 0 Å². The van der Waals surface area contributed by atoms with Crippen molar-refractivity contribution in [2.45, 2.75) is 37.8 Å². The van der Waals surface area contributed by atoms with E-state index in [4.69, 9.17) is 9.84 Å². The molecule has 0 fully saturated rings. The number of hydrogen-bond donors (Lipinski definition) is 2. The zero-order valence-electron chi connectivity index (χ0n) is 13.1. The summed E-state index contributed by atoms with van der Waals surface area (Å²) in [5.74, 6) is -0.790. The molecule has 1 amide bonds. The van der Waals surface area contributed by atoms with Crippen molar-refractivity contribution < 1.29 is 19.4 Å². The normalized spacial score (nSPS) is 14.9. The maximum atomic E-state index is 12.1. The van der Waals surface area contributed by atoms with E-state index in [9.17, 15) is 9.59 Å². The Hall–Kier alpha value is -1.53. The van der Waals surface area contributed by atoms with Crippen LogP contribution in [0.15, 0.2) is 35.2 Å². The Kier molecular flexibility index (Phi) is 7.98. The van der Waals surface area contributed by atoms with Crippen molar-refractivity contribution in [2.75, 3.05) is 12.4 Å². The van der Waals surface area contributed by atoms with Crippen molar-refractivity contribution in [3.8, 4) is 0 Å². The Morgan fingerprint density at radius 3 is 2.45 bits per heavy atom. The molecule has 1 rings (SSSR count). The number of amides is 1. The number of carbonyl (C=O) groups excluding carboxylic acids is 1. The average Bonchev–Trinajstić information content (AvgIpc) is 2.50. The molecule has 0 aliphatic carbocycles. The zero-order valence-corrected chi connectivity index (χ0v) is 13.9. The van der Waals surface area contributed by atoms with Gasteiger partial charge in [-0.25, -0.2) is 4.79 Å². The van der Waals surface area contributed by atoms with Gasteiger partial charge in [0.1, 0.15) is 6.61 Å². The van der Waals surface area contributed by atoms with E-state index in [1.807, 2.05) is 37.3 Å². The third-order valence-electron chi connectivity index (χ3n) is 3.22. The van der Waals surface area contributed by atoms with Crippen LogP contribution in [0.1, 0.15) is 20.8 Å². The Balaban J connectivity index is 2.34. The molecule has 0 aromatic heterocycles. The van der Waals surface area contributed by atoms with E-state index in [1.165, 1.54) is 0 Å². The first-order valence-electron chi connectivity index (χ1n) is 7.21. The highest BCUT2D eigenvalue weighted by Crippen LogP contribution is 2.18. The first-order chi connectivity index (χ1) is 10.4. The molecule has 0 aliphatic heterocycles. The van der Waals surface area contributed by atoms with Crippen molar-refractivity contribution in [3.05, 3.63) is 30.3 Å². The van der Waals surface area contributed by atoms with Gasteiger partial charge in [-0.2, -0.15) is 0 Å². The first-order valence-corrected chi connectivity index (χ1v) is 8.20. The lowest BCUT2D eigenvalue weighted by Crippen LogP contribution is -2.41. The number of carbonyl (C=O) groups is 2. The fourth-order valence-electron chi connectivity index (χ4n) is 1.71. The van der Waals surface area contributed by atoms with Gasteiger partial charge in [-0.3, -0.25) is 4.79 Å². The lowest BCUT2D eigenvalue weighted by molar-refractivity contribution is -0.147. The van der Waals surface area contributed by atoms with Gasteiger partial charge in [0.25, 0.3) is 0 Å². The molecule has 0 radical (unpaired) electrons. The molecule has 2 N–H and O–H groups in total. The van der Waals surface area contributed by atoms with E-state index in [-0.39, 0.29) is 11.9 Å². The maximum absolute atomic E-state index is 12.1. The summed E-state index contributed by atoms with van der Waals surface area (Å²) in [4.78, 5) is 23.7. The average molecular weight is 325 g/mol. The summed E-state index contributed by atoms with van der Waals surface area (Å²) in [5, 5.41) is 11.5. The topological polar surface area (TPSA) is 75.6 Å². The van der Waals surface area contributed by atoms with Gasteiger partial charge in [0.15, 0.2) is 0 Å². The van der Waals surface area contributed by atoms with Crippen LogP contribution in [-0.4, -0.2) is 41.5 Å². The van der Waals surface area contributed by atoms with Crippen molar-refractivity contribution >= 4 is 23.6 Å². The molecule has 6 heteroatoms. The van der Waals surface area contributed by atoms with Gasteiger partial charge in [-0.1, -0.05) is 25.1 Å². The third kappa shape index (κ3) is 6.95. The summed E-state index contributed by atoms with van der Waals surface area (Å²) in [6.07, 6.45) is -0.440. The van der Waals surface area contributed by atoms with Gasteiger partial charge >= 0.3 is 5.97 Å². The van der Waals surface area contributed by atoms with Gasteiger partial charge in [0.05, 0.1) is 12.0 Å². The number of nitrogens with one attached hydrogen (secondary N) is 1. The summed E-state index contributed by atoms with van der Waals surface area (Å²) in [6.45, 7) is 5.00. The molecule has 22 heavy (non-hydrogen) atoms. The molecular formula is C16H23NO4S. The van der Waals surface area contributed by atoms with Crippen LogP contribution in [0.5, 0.6) is 0 Å². The predicted molar refractivity (Wildman–Crippen MR) is 87.0 cm³/mol. The molecule has 0 spiro atoms. The van der Waals surface area contributed by atoms with Gasteiger partial charge in [-0.05, 0) is 26.0 Å². The van der Waals surface area contributed by atoms with E-state index in [0.717, 1.165) is 10.6 Å².